The van der Waals surface area contributed by atoms with Crippen LogP contribution in [-0.2, 0) is 66.4 Å². The number of aliphatic hydroxyl groups is 20. The maximum absolute atomic E-state index is 13.6. The van der Waals surface area contributed by atoms with Crippen LogP contribution in [-0.4, -0.2) is 349 Å². The minimum absolute atomic E-state index is 0.0774. The zero-order chi connectivity index (χ0) is 81.8. The molecule has 6 rings (SSSR count). The monoisotopic (exact) mass is 1580 g/mol. The largest absolute Gasteiger partial charge is 0.453 e. The molecule has 0 aliphatic carbocycles. The van der Waals surface area contributed by atoms with Gasteiger partial charge in [-0.3, -0.25) is 0 Å². The fourth-order valence-corrected chi connectivity index (χ4v) is 13.4. The number of hydrogen-bond donors (Lipinski definition) is 20. The van der Waals surface area contributed by atoms with Crippen LogP contribution in [0.5, 0.6) is 0 Å². The summed E-state index contributed by atoms with van der Waals surface area (Å²) in [5.41, 5.74) is 1.99. The molecule has 0 aromatic heterocycles. The van der Waals surface area contributed by atoms with Crippen LogP contribution in [0.25, 0.3) is 0 Å². The highest BCUT2D eigenvalue weighted by atomic mass is 16.8. The Morgan fingerprint density at radius 1 is 0.427 bits per heavy atom. The summed E-state index contributed by atoms with van der Waals surface area (Å²) in [5.74, 6) is -1.03. The molecule has 0 spiro atoms. The van der Waals surface area contributed by atoms with Gasteiger partial charge in [0, 0.05) is 5.57 Å². The van der Waals surface area contributed by atoms with E-state index in [-0.39, 0.29) is 25.2 Å². The Balaban J connectivity index is 1.00. The van der Waals surface area contributed by atoms with Crippen LogP contribution in [0.3, 0.4) is 0 Å². The minimum atomic E-state index is -1.96. The number of hydrogen-bond acceptors (Lipinski definition) is 34. The first-order chi connectivity index (χ1) is 51.9. The average Bonchev–Trinajstić information content (AvgIpc) is 0.791. The lowest BCUT2D eigenvalue weighted by atomic mass is 9.95. The van der Waals surface area contributed by atoms with Gasteiger partial charge in [0.2, 0.25) is 0 Å². The van der Waals surface area contributed by atoms with E-state index in [0.717, 1.165) is 22.3 Å². The maximum atomic E-state index is 13.6. The Labute approximate surface area is 641 Å². The molecule has 6 saturated heterocycles. The number of allylic oxidation sites excluding steroid dienone is 7. The summed E-state index contributed by atoms with van der Waals surface area (Å²) in [7, 11) is 0. The first-order valence-electron chi connectivity index (χ1n) is 37.5. The fourth-order valence-electron chi connectivity index (χ4n) is 13.4. The van der Waals surface area contributed by atoms with Crippen LogP contribution >= 0.6 is 0 Å². The predicted molar refractivity (Wildman–Crippen MR) is 386 cm³/mol. The first-order valence-corrected chi connectivity index (χ1v) is 37.5. The minimum Gasteiger partial charge on any atom is -0.453 e. The fraction of sp³-hybridized carbons (Fsp3) is 0.776. The van der Waals surface area contributed by atoms with Gasteiger partial charge in [-0.15, -0.1) is 13.2 Å². The molecule has 0 bridgehead atoms. The van der Waals surface area contributed by atoms with Crippen molar-refractivity contribution in [3.63, 3.8) is 0 Å². The molecule has 0 saturated carbocycles. The van der Waals surface area contributed by atoms with Crippen molar-refractivity contribution in [1.29, 1.82) is 0 Å². The number of carbonyl (C=O) groups excluding carboxylic acids is 1. The van der Waals surface area contributed by atoms with Gasteiger partial charge in [-0.1, -0.05) is 64.8 Å². The molecule has 0 aromatic carbocycles. The summed E-state index contributed by atoms with van der Waals surface area (Å²) >= 11 is 0. The molecule has 6 aliphatic rings. The lowest BCUT2D eigenvalue weighted by molar-refractivity contribution is -0.375. The second-order valence-electron chi connectivity index (χ2n) is 30.0. The average molecular weight is 1580 g/mol. The highest BCUT2D eigenvalue weighted by molar-refractivity contribution is 5.88. The van der Waals surface area contributed by atoms with Crippen LogP contribution in [0.1, 0.15) is 133 Å². The van der Waals surface area contributed by atoms with E-state index in [1.165, 1.54) is 39.0 Å². The smallest absolute Gasteiger partial charge is 0.333 e. The Morgan fingerprint density at radius 2 is 0.845 bits per heavy atom. The summed E-state index contributed by atoms with van der Waals surface area (Å²) in [6.45, 7) is 19.8. The normalized spacial score (nSPS) is 39.6. The van der Waals surface area contributed by atoms with Crippen molar-refractivity contribution in [2.75, 3.05) is 39.6 Å². The molecule has 0 aromatic rings. The summed E-state index contributed by atoms with van der Waals surface area (Å²) in [6, 6.07) is 0. The summed E-state index contributed by atoms with van der Waals surface area (Å²) in [5, 5.41) is 212. The van der Waals surface area contributed by atoms with Crippen molar-refractivity contribution in [1.82, 2.24) is 0 Å². The van der Waals surface area contributed by atoms with E-state index in [9.17, 15) is 107 Å². The zero-order valence-corrected chi connectivity index (χ0v) is 64.1. The standard InChI is InChI=1S/C76H124O34/c1-12-75(10,109-73-62(94)57(89)53(85)47(33-79)103-73)28-18-26-44(31-77)25-16-22-39(5)29-45(81)30-41(7)68(97)106-66-51(83)43(9)101-72(64(66)96)107-65-49(36-99-69-60(92)55(87)50(82)42(8)100-69)105-70(63(95)59(65)91)98-35-40(6)23-15-21-37(3)19-14-20-38(4)24-17-27-76(11,13-2)110-74-67(58(90)54(86)48(34-80)104-74)108-71-61(93)56(88)52(84)46(32-78)102-71/h12-13,19,22-24,26,30,42-43,45-67,69-74,77-96H,1-2,14-18,20-21,25,27-29,31-36H2,3-11H3. The van der Waals surface area contributed by atoms with Gasteiger partial charge in [0.25, 0.3) is 0 Å². The molecular weight excluding hydrogens is 1460 g/mol. The molecule has 6 heterocycles. The molecule has 6 aliphatic heterocycles. The Morgan fingerprint density at radius 3 is 1.42 bits per heavy atom. The lowest BCUT2D eigenvalue weighted by Crippen LogP contribution is -2.65. The molecule has 632 valence electrons. The van der Waals surface area contributed by atoms with Crippen LogP contribution in [0, 0.1) is 0 Å². The summed E-state index contributed by atoms with van der Waals surface area (Å²) in [4.78, 5) is 13.6. The highest BCUT2D eigenvalue weighted by Gasteiger charge is 2.55. The molecule has 33 atom stereocenters. The van der Waals surface area contributed by atoms with Crippen molar-refractivity contribution >= 4 is 5.97 Å². The van der Waals surface area contributed by atoms with E-state index in [0.29, 0.717) is 69.8 Å². The quantitative estimate of drug-likeness (QED) is 0.0174. The van der Waals surface area contributed by atoms with Gasteiger partial charge in [-0.25, -0.2) is 4.79 Å². The van der Waals surface area contributed by atoms with Gasteiger partial charge < -0.3 is 164 Å². The molecule has 33 unspecified atom stereocenters. The lowest BCUT2D eigenvalue weighted by Gasteiger charge is -2.47. The van der Waals surface area contributed by atoms with E-state index in [2.05, 4.69) is 19.2 Å². The van der Waals surface area contributed by atoms with Crippen molar-refractivity contribution in [2.45, 2.75) is 334 Å². The number of esters is 1. The number of aliphatic hydroxyl groups excluding tert-OH is 20. The first kappa shape index (κ1) is 95.0. The predicted octanol–water partition coefficient (Wildman–Crippen LogP) is -2.29. The van der Waals surface area contributed by atoms with Gasteiger partial charge in [0.1, 0.15) is 128 Å². The van der Waals surface area contributed by atoms with Crippen molar-refractivity contribution in [3.8, 4) is 0 Å². The topological polar surface area (TPSA) is 542 Å². The third kappa shape index (κ3) is 26.1. The van der Waals surface area contributed by atoms with E-state index in [1.54, 1.807) is 27.7 Å². The van der Waals surface area contributed by atoms with Crippen molar-refractivity contribution in [3.05, 3.63) is 95.2 Å². The highest BCUT2D eigenvalue weighted by Crippen LogP contribution is 2.37. The Bertz CT molecular complexity index is 3020. The van der Waals surface area contributed by atoms with Crippen LogP contribution in [0.15, 0.2) is 95.2 Å². The zero-order valence-electron chi connectivity index (χ0n) is 64.1. The molecule has 34 heteroatoms. The maximum Gasteiger partial charge on any atom is 0.333 e. The second kappa shape index (κ2) is 44.4. The Hall–Kier alpha value is -3.89. The van der Waals surface area contributed by atoms with Crippen LogP contribution in [0.2, 0.25) is 0 Å². The second-order valence-corrected chi connectivity index (χ2v) is 30.0. The van der Waals surface area contributed by atoms with Crippen molar-refractivity contribution < 1.29 is 169 Å². The van der Waals surface area contributed by atoms with Crippen molar-refractivity contribution in [2.24, 2.45) is 0 Å². The molecule has 0 radical (unpaired) electrons. The van der Waals surface area contributed by atoms with Gasteiger partial charge in [0.15, 0.2) is 43.8 Å². The van der Waals surface area contributed by atoms with E-state index in [1.807, 2.05) is 38.2 Å². The molecular formula is C76H124O34. The van der Waals surface area contributed by atoms with Gasteiger partial charge in [0.05, 0.1) is 69.2 Å². The van der Waals surface area contributed by atoms with Gasteiger partial charge in [-0.2, -0.15) is 0 Å². The molecule has 110 heavy (non-hydrogen) atoms. The molecule has 20 N–H and O–H groups in total. The molecule has 0 amide bonds. The van der Waals surface area contributed by atoms with E-state index >= 15 is 0 Å². The van der Waals surface area contributed by atoms with Gasteiger partial charge >= 0.3 is 5.97 Å². The van der Waals surface area contributed by atoms with E-state index in [4.69, 9.17) is 61.6 Å². The summed E-state index contributed by atoms with van der Waals surface area (Å²) < 4.78 is 76.2. The molecule has 34 nitrogen and oxygen atoms in total. The number of ether oxygens (including phenoxy) is 13. The van der Waals surface area contributed by atoms with Crippen LogP contribution in [0.4, 0.5) is 0 Å². The summed E-state index contributed by atoms with van der Waals surface area (Å²) in [6.07, 6.45) is -29.6. The number of carbonyl (C=O) groups is 1. The van der Waals surface area contributed by atoms with Gasteiger partial charge in [-0.05, 0) is 145 Å². The van der Waals surface area contributed by atoms with Crippen LogP contribution < -0.4 is 0 Å². The number of rotatable bonds is 40. The third-order valence-electron chi connectivity index (χ3n) is 20.8. The SMILES string of the molecule is C=CC(C)(CCC=C(CO)CCC=C(C)CC(O)C=C(C)C(=O)OC1C(O)C(C)OC(OC2C(COC3OC(C)C(O)C(O)C3O)OC(OCC(C)=CCCC(C)=CCCC(C)=CCCC(C)(C=C)OC3OC(CO)C(O)C(O)C3OC3OC(CO)C(O)C(O)C3O)C(O)C2O)C1O)OC1OC(CO)C(O)C(O)C1O. The Kier molecular flexibility index (Phi) is 38.4. The molecule has 6 fully saturated rings. The third-order valence-corrected chi connectivity index (χ3v) is 20.8. The van der Waals surface area contributed by atoms with E-state index < -0.39 is 234 Å².